The summed E-state index contributed by atoms with van der Waals surface area (Å²) >= 11 is 1.62. The molecule has 2 aliphatic heterocycles. The Hall–Kier alpha value is -2.15. The number of furan rings is 1. The van der Waals surface area contributed by atoms with Crippen LogP contribution in [0.15, 0.2) is 51.0 Å². The van der Waals surface area contributed by atoms with Gasteiger partial charge in [-0.25, -0.2) is 0 Å². The van der Waals surface area contributed by atoms with Crippen LogP contribution in [0.25, 0.3) is 10.4 Å². The van der Waals surface area contributed by atoms with Gasteiger partial charge in [-0.3, -0.25) is 9.69 Å². The van der Waals surface area contributed by atoms with Crippen molar-refractivity contribution in [3.63, 3.8) is 0 Å². The molecule has 3 aromatic heterocycles. The monoisotopic (exact) mass is 382 g/mol. The second-order valence-electron chi connectivity index (χ2n) is 7.58. The standard InChI is InChI=1S/C21H22N2O3S/c24-13-17-4-3-16(26-17)12-22-9-14-8-15(11-22)19-6-5-18(20-2-1-7-27-20)21(25)23(19)10-14/h1-7,14-15,24H,8-13H2. The second-order valence-corrected chi connectivity index (χ2v) is 8.53. The molecule has 5 nitrogen and oxygen atoms in total. The zero-order valence-corrected chi connectivity index (χ0v) is 15.8. The van der Waals surface area contributed by atoms with E-state index in [4.69, 9.17) is 4.42 Å². The average Bonchev–Trinajstić information content (AvgIpc) is 3.34. The molecule has 5 rings (SSSR count). The van der Waals surface area contributed by atoms with Crippen LogP contribution in [0.4, 0.5) is 0 Å². The van der Waals surface area contributed by atoms with Gasteiger partial charge >= 0.3 is 0 Å². The molecule has 2 aliphatic rings. The zero-order valence-electron chi connectivity index (χ0n) is 15.0. The van der Waals surface area contributed by atoms with Crippen molar-refractivity contribution in [1.82, 2.24) is 9.47 Å². The van der Waals surface area contributed by atoms with Crippen LogP contribution in [-0.4, -0.2) is 27.7 Å². The van der Waals surface area contributed by atoms with Gasteiger partial charge in [-0.1, -0.05) is 6.07 Å². The topological polar surface area (TPSA) is 58.6 Å². The third-order valence-corrected chi connectivity index (χ3v) is 6.62. The van der Waals surface area contributed by atoms with E-state index in [1.807, 2.05) is 40.3 Å². The first-order valence-corrected chi connectivity index (χ1v) is 10.3. The molecular weight excluding hydrogens is 360 g/mol. The number of fused-ring (bicyclic) bond motifs is 4. The lowest BCUT2D eigenvalue weighted by atomic mass is 9.83. The fourth-order valence-electron chi connectivity index (χ4n) is 4.61. The predicted molar refractivity (Wildman–Crippen MR) is 105 cm³/mol. The molecule has 0 amide bonds. The van der Waals surface area contributed by atoms with Crippen molar-refractivity contribution in [3.8, 4) is 10.4 Å². The average molecular weight is 382 g/mol. The van der Waals surface area contributed by atoms with E-state index in [1.165, 1.54) is 0 Å². The molecule has 3 aromatic rings. The summed E-state index contributed by atoms with van der Waals surface area (Å²) in [5.74, 6) is 2.37. The highest BCUT2D eigenvalue weighted by atomic mass is 32.1. The predicted octanol–water partition coefficient (Wildman–Crippen LogP) is 3.28. The fraction of sp³-hybridized carbons (Fsp3) is 0.381. The summed E-state index contributed by atoms with van der Waals surface area (Å²) in [7, 11) is 0. The maximum absolute atomic E-state index is 13.1. The normalized spacial score (nSPS) is 22.0. The van der Waals surface area contributed by atoms with Gasteiger partial charge in [-0.05, 0) is 48.1 Å². The van der Waals surface area contributed by atoms with E-state index in [2.05, 4.69) is 11.0 Å². The Morgan fingerprint density at radius 1 is 1.11 bits per heavy atom. The first-order chi connectivity index (χ1) is 13.2. The number of hydrogen-bond acceptors (Lipinski definition) is 5. The van der Waals surface area contributed by atoms with Gasteiger partial charge in [0.25, 0.3) is 5.56 Å². The summed E-state index contributed by atoms with van der Waals surface area (Å²) in [6, 6.07) is 11.9. The molecule has 27 heavy (non-hydrogen) atoms. The number of aromatic nitrogens is 1. The SMILES string of the molecule is O=c1c(-c2cccs2)ccc2n1CC1CC2CN(Cc2ccc(CO)o2)C1. The largest absolute Gasteiger partial charge is 0.462 e. The molecule has 1 saturated heterocycles. The minimum absolute atomic E-state index is 0.0614. The van der Waals surface area contributed by atoms with E-state index in [0.717, 1.165) is 54.5 Å². The van der Waals surface area contributed by atoms with Gasteiger partial charge in [0.1, 0.15) is 18.1 Å². The van der Waals surface area contributed by atoms with Crippen LogP contribution < -0.4 is 5.56 Å². The van der Waals surface area contributed by atoms with Gasteiger partial charge in [0, 0.05) is 36.1 Å². The molecular formula is C21H22N2O3S. The summed E-state index contributed by atoms with van der Waals surface area (Å²) in [4.78, 5) is 16.5. The molecule has 1 fully saturated rings. The highest BCUT2D eigenvalue weighted by molar-refractivity contribution is 7.13. The fourth-order valence-corrected chi connectivity index (χ4v) is 5.35. The van der Waals surface area contributed by atoms with Gasteiger partial charge in [0.05, 0.1) is 12.1 Å². The quantitative estimate of drug-likeness (QED) is 0.752. The van der Waals surface area contributed by atoms with Crippen molar-refractivity contribution in [3.05, 3.63) is 69.3 Å². The Morgan fingerprint density at radius 2 is 2.00 bits per heavy atom. The molecule has 2 atom stereocenters. The van der Waals surface area contributed by atoms with Crippen LogP contribution in [0.1, 0.15) is 29.6 Å². The minimum Gasteiger partial charge on any atom is -0.462 e. The molecule has 5 heterocycles. The van der Waals surface area contributed by atoms with Gasteiger partial charge in [0.15, 0.2) is 0 Å². The van der Waals surface area contributed by atoms with Gasteiger partial charge < -0.3 is 14.1 Å². The van der Waals surface area contributed by atoms with E-state index in [0.29, 0.717) is 17.6 Å². The summed E-state index contributed by atoms with van der Waals surface area (Å²) < 4.78 is 7.67. The summed E-state index contributed by atoms with van der Waals surface area (Å²) in [5.41, 5.74) is 2.13. The Kier molecular flexibility index (Phi) is 4.27. The molecule has 0 aromatic carbocycles. The van der Waals surface area contributed by atoms with Crippen molar-refractivity contribution in [2.24, 2.45) is 5.92 Å². The summed E-state index contributed by atoms with van der Waals surface area (Å²) in [6.45, 7) is 3.39. The van der Waals surface area contributed by atoms with Crippen LogP contribution in [-0.2, 0) is 19.7 Å². The third-order valence-electron chi connectivity index (χ3n) is 5.72. The van der Waals surface area contributed by atoms with E-state index < -0.39 is 0 Å². The number of nitrogens with zero attached hydrogens (tertiary/aromatic N) is 2. The van der Waals surface area contributed by atoms with Gasteiger partial charge in [-0.15, -0.1) is 11.3 Å². The smallest absolute Gasteiger partial charge is 0.259 e. The Labute approximate surface area is 161 Å². The van der Waals surface area contributed by atoms with E-state index >= 15 is 0 Å². The van der Waals surface area contributed by atoms with E-state index in [9.17, 15) is 9.90 Å². The maximum Gasteiger partial charge on any atom is 0.259 e. The van der Waals surface area contributed by atoms with E-state index in [-0.39, 0.29) is 12.2 Å². The lowest BCUT2D eigenvalue weighted by Crippen LogP contribution is -2.46. The molecule has 0 spiro atoms. The molecule has 1 N–H and O–H groups in total. The number of likely N-dealkylation sites (tertiary alicyclic amines) is 1. The number of aliphatic hydroxyl groups is 1. The van der Waals surface area contributed by atoms with Crippen molar-refractivity contribution in [2.75, 3.05) is 13.1 Å². The number of rotatable bonds is 4. The first-order valence-electron chi connectivity index (χ1n) is 9.39. The lowest BCUT2D eigenvalue weighted by molar-refractivity contribution is 0.106. The molecule has 140 valence electrons. The molecule has 6 heteroatoms. The zero-order chi connectivity index (χ0) is 18.4. The third kappa shape index (κ3) is 3.08. The van der Waals surface area contributed by atoms with Crippen LogP contribution in [0.3, 0.4) is 0 Å². The molecule has 2 unspecified atom stereocenters. The molecule has 0 aliphatic carbocycles. The Bertz CT molecular complexity index is 1000. The van der Waals surface area contributed by atoms with Crippen LogP contribution in [0.5, 0.6) is 0 Å². The molecule has 0 saturated carbocycles. The highest BCUT2D eigenvalue weighted by Crippen LogP contribution is 2.36. The lowest BCUT2D eigenvalue weighted by Gasteiger charge is -2.42. The Balaban J connectivity index is 1.41. The number of piperidine rings is 1. The van der Waals surface area contributed by atoms with Crippen LogP contribution >= 0.6 is 11.3 Å². The highest BCUT2D eigenvalue weighted by Gasteiger charge is 2.35. The molecule has 0 radical (unpaired) electrons. The number of aliphatic hydroxyl groups excluding tert-OH is 1. The van der Waals surface area contributed by atoms with Crippen molar-refractivity contribution >= 4 is 11.3 Å². The van der Waals surface area contributed by atoms with Gasteiger partial charge in [-0.2, -0.15) is 0 Å². The van der Waals surface area contributed by atoms with Crippen molar-refractivity contribution in [1.29, 1.82) is 0 Å². The van der Waals surface area contributed by atoms with Crippen molar-refractivity contribution < 1.29 is 9.52 Å². The van der Waals surface area contributed by atoms with Crippen LogP contribution in [0.2, 0.25) is 0 Å². The van der Waals surface area contributed by atoms with Crippen LogP contribution in [0, 0.1) is 5.92 Å². The Morgan fingerprint density at radius 3 is 2.78 bits per heavy atom. The first kappa shape index (κ1) is 17.0. The number of thiophene rings is 1. The number of hydrogen-bond donors (Lipinski definition) is 1. The van der Waals surface area contributed by atoms with E-state index in [1.54, 1.807) is 11.3 Å². The summed E-state index contributed by atoms with van der Waals surface area (Å²) in [6.07, 6.45) is 1.15. The maximum atomic E-state index is 13.1. The minimum atomic E-state index is -0.0614. The van der Waals surface area contributed by atoms with Crippen molar-refractivity contribution in [2.45, 2.75) is 32.0 Å². The summed E-state index contributed by atoms with van der Waals surface area (Å²) in [5, 5.41) is 11.2. The molecule has 2 bridgehead atoms. The second kappa shape index (κ2) is 6.78. The van der Waals surface area contributed by atoms with Gasteiger partial charge in [0.2, 0.25) is 0 Å². The number of pyridine rings is 1.